The molecule has 3 heterocycles. The van der Waals surface area contributed by atoms with Crippen molar-refractivity contribution in [3.8, 4) is 0 Å². The molecular formula is C12H12N2O2. The number of ketones is 1. The van der Waals surface area contributed by atoms with Crippen molar-refractivity contribution in [2.75, 3.05) is 6.54 Å². The molecule has 4 heteroatoms. The summed E-state index contributed by atoms with van der Waals surface area (Å²) in [5, 5.41) is 3.31. The second-order valence-corrected chi connectivity index (χ2v) is 4.04. The lowest BCUT2D eigenvalue weighted by atomic mass is 10.0. The van der Waals surface area contributed by atoms with E-state index in [9.17, 15) is 4.79 Å². The Hall–Kier alpha value is -1.68. The van der Waals surface area contributed by atoms with Gasteiger partial charge in [0.05, 0.1) is 18.0 Å². The average Bonchev–Trinajstić information content (AvgIpc) is 2.75. The van der Waals surface area contributed by atoms with Crippen LogP contribution in [0.2, 0.25) is 0 Å². The minimum Gasteiger partial charge on any atom is -0.463 e. The summed E-state index contributed by atoms with van der Waals surface area (Å²) in [6.45, 7) is 0.745. The van der Waals surface area contributed by atoms with Crippen LogP contribution in [0.25, 0.3) is 11.1 Å². The maximum atomic E-state index is 11.4. The number of nitrogens with one attached hydrogen (secondary N) is 1. The molecule has 1 fully saturated rings. The Kier molecular flexibility index (Phi) is 2.22. The van der Waals surface area contributed by atoms with Gasteiger partial charge < -0.3 is 9.73 Å². The molecule has 1 N–H and O–H groups in total. The zero-order valence-electron chi connectivity index (χ0n) is 8.77. The van der Waals surface area contributed by atoms with Gasteiger partial charge in [0.2, 0.25) is 0 Å². The van der Waals surface area contributed by atoms with Gasteiger partial charge in [0.25, 0.3) is 0 Å². The normalized spacial score (nSPS) is 21.5. The lowest BCUT2D eigenvalue weighted by Crippen LogP contribution is -2.32. The van der Waals surface area contributed by atoms with Gasteiger partial charge in [-0.15, -0.1) is 0 Å². The number of carbonyl (C=O) groups is 1. The summed E-state index contributed by atoms with van der Waals surface area (Å²) in [5.41, 5.74) is 2.55. The fourth-order valence-electron chi connectivity index (χ4n) is 2.06. The number of hydrogen-bond acceptors (Lipinski definition) is 4. The third-order valence-electron chi connectivity index (χ3n) is 2.91. The van der Waals surface area contributed by atoms with E-state index in [1.165, 1.54) is 0 Å². The van der Waals surface area contributed by atoms with Crippen molar-refractivity contribution in [2.24, 2.45) is 0 Å². The van der Waals surface area contributed by atoms with Crippen molar-refractivity contribution in [1.29, 1.82) is 0 Å². The minimum absolute atomic E-state index is 0.0561. The third-order valence-corrected chi connectivity index (χ3v) is 2.91. The summed E-state index contributed by atoms with van der Waals surface area (Å²) >= 11 is 0. The number of rotatable bonds is 1. The molecule has 2 aromatic heterocycles. The zero-order valence-corrected chi connectivity index (χ0v) is 8.77. The van der Waals surface area contributed by atoms with E-state index >= 15 is 0 Å². The molecule has 0 saturated carbocycles. The predicted molar refractivity (Wildman–Crippen MR) is 59.0 cm³/mol. The van der Waals surface area contributed by atoms with Gasteiger partial charge in [-0.25, -0.2) is 4.98 Å². The van der Waals surface area contributed by atoms with Gasteiger partial charge in [0.15, 0.2) is 5.58 Å². The van der Waals surface area contributed by atoms with Crippen LogP contribution in [0.5, 0.6) is 0 Å². The number of pyridine rings is 1. The first-order chi connectivity index (χ1) is 7.83. The Morgan fingerprint density at radius 3 is 3.19 bits per heavy atom. The Balaban J connectivity index is 1.95. The monoisotopic (exact) mass is 216 g/mol. The molecule has 2 aromatic rings. The van der Waals surface area contributed by atoms with Gasteiger partial charge in [-0.1, -0.05) is 0 Å². The van der Waals surface area contributed by atoms with E-state index in [4.69, 9.17) is 4.42 Å². The van der Waals surface area contributed by atoms with Crippen LogP contribution in [0.3, 0.4) is 0 Å². The Morgan fingerprint density at radius 2 is 2.31 bits per heavy atom. The summed E-state index contributed by atoms with van der Waals surface area (Å²) < 4.78 is 5.23. The number of Topliss-reactive ketones (excluding diaryl/α,β-unsaturated/α-hetero) is 1. The van der Waals surface area contributed by atoms with Gasteiger partial charge in [0, 0.05) is 25.5 Å². The Labute approximate surface area is 92.7 Å². The average molecular weight is 216 g/mol. The number of carbonyl (C=O) groups excluding carboxylic acids is 1. The van der Waals surface area contributed by atoms with E-state index < -0.39 is 0 Å². The van der Waals surface area contributed by atoms with Crippen LogP contribution < -0.4 is 5.32 Å². The van der Waals surface area contributed by atoms with Crippen molar-refractivity contribution in [3.05, 3.63) is 30.2 Å². The molecule has 3 rings (SSSR count). The molecule has 1 aliphatic rings. The van der Waals surface area contributed by atoms with Gasteiger partial charge in [-0.2, -0.15) is 0 Å². The molecule has 0 bridgehead atoms. The molecule has 82 valence electrons. The minimum atomic E-state index is 0.0561. The lowest BCUT2D eigenvalue weighted by Gasteiger charge is -2.21. The lowest BCUT2D eigenvalue weighted by molar-refractivity contribution is -0.120. The van der Waals surface area contributed by atoms with Crippen molar-refractivity contribution in [2.45, 2.75) is 18.9 Å². The molecule has 1 aliphatic heterocycles. The first-order valence-electron chi connectivity index (χ1n) is 5.42. The van der Waals surface area contributed by atoms with Crippen LogP contribution in [0.15, 0.2) is 28.9 Å². The summed E-state index contributed by atoms with van der Waals surface area (Å²) in [6, 6.07) is 5.71. The molecule has 1 atom stereocenters. The van der Waals surface area contributed by atoms with Crippen LogP contribution in [0.1, 0.15) is 24.6 Å². The number of furan rings is 1. The number of nitrogens with zero attached hydrogens (tertiary/aromatic N) is 1. The second kappa shape index (κ2) is 3.72. The first-order valence-corrected chi connectivity index (χ1v) is 5.42. The van der Waals surface area contributed by atoms with E-state index in [0.717, 1.165) is 23.3 Å². The number of fused-ring (bicyclic) bond motifs is 1. The van der Waals surface area contributed by atoms with Crippen LogP contribution in [0, 0.1) is 0 Å². The second-order valence-electron chi connectivity index (χ2n) is 4.04. The van der Waals surface area contributed by atoms with E-state index in [2.05, 4.69) is 10.3 Å². The number of aromatic nitrogens is 1. The summed E-state index contributed by atoms with van der Waals surface area (Å²) in [7, 11) is 0. The van der Waals surface area contributed by atoms with E-state index in [1.54, 1.807) is 6.26 Å². The van der Waals surface area contributed by atoms with Gasteiger partial charge in [0.1, 0.15) is 11.3 Å². The highest BCUT2D eigenvalue weighted by Crippen LogP contribution is 2.22. The maximum absolute atomic E-state index is 11.4. The van der Waals surface area contributed by atoms with Crippen LogP contribution in [-0.4, -0.2) is 17.3 Å². The summed E-state index contributed by atoms with van der Waals surface area (Å²) in [5.74, 6) is 0.304. The largest absolute Gasteiger partial charge is 0.463 e. The van der Waals surface area contributed by atoms with Gasteiger partial charge in [-0.05, 0) is 12.1 Å². The fraction of sp³-hybridized carbons (Fsp3) is 0.333. The van der Waals surface area contributed by atoms with Crippen molar-refractivity contribution in [3.63, 3.8) is 0 Å². The van der Waals surface area contributed by atoms with E-state index in [-0.39, 0.29) is 6.04 Å². The number of piperidine rings is 1. The van der Waals surface area contributed by atoms with Crippen molar-refractivity contribution in [1.82, 2.24) is 10.3 Å². The molecule has 0 aliphatic carbocycles. The predicted octanol–water partition coefficient (Wildman–Crippen LogP) is 1.82. The highest BCUT2D eigenvalue weighted by molar-refractivity contribution is 5.80. The van der Waals surface area contributed by atoms with Gasteiger partial charge >= 0.3 is 0 Å². The molecule has 1 saturated heterocycles. The molecule has 1 unspecified atom stereocenters. The topological polar surface area (TPSA) is 55.1 Å². The maximum Gasteiger partial charge on any atom is 0.152 e. The molecular weight excluding hydrogens is 204 g/mol. The van der Waals surface area contributed by atoms with Crippen molar-refractivity contribution < 1.29 is 9.21 Å². The molecule has 4 nitrogen and oxygen atoms in total. The molecule has 0 radical (unpaired) electrons. The Bertz CT molecular complexity index is 533. The standard InChI is InChI=1S/C12H12N2O2/c15-8-3-5-13-11(7-8)9-1-2-12-10(14-9)4-6-16-12/h1-2,4,6,11,13H,3,5,7H2. The first kappa shape index (κ1) is 9.54. The number of hydrogen-bond donors (Lipinski definition) is 1. The molecule has 0 aromatic carbocycles. The van der Waals surface area contributed by atoms with Crippen LogP contribution in [0.4, 0.5) is 0 Å². The Morgan fingerprint density at radius 1 is 1.38 bits per heavy atom. The zero-order chi connectivity index (χ0) is 11.0. The third kappa shape index (κ3) is 1.61. The SMILES string of the molecule is O=C1CCNC(c2ccc3occc3n2)C1. The van der Waals surface area contributed by atoms with Crippen LogP contribution in [-0.2, 0) is 4.79 Å². The molecule has 0 spiro atoms. The smallest absolute Gasteiger partial charge is 0.152 e. The molecule has 16 heavy (non-hydrogen) atoms. The fourth-order valence-corrected chi connectivity index (χ4v) is 2.06. The summed E-state index contributed by atoms with van der Waals surface area (Å²) in [4.78, 5) is 15.9. The van der Waals surface area contributed by atoms with Gasteiger partial charge in [-0.3, -0.25) is 4.79 Å². The quantitative estimate of drug-likeness (QED) is 0.790. The molecule has 0 amide bonds. The highest BCUT2D eigenvalue weighted by atomic mass is 16.3. The van der Waals surface area contributed by atoms with E-state index in [1.807, 2.05) is 18.2 Å². The van der Waals surface area contributed by atoms with E-state index in [0.29, 0.717) is 18.6 Å². The van der Waals surface area contributed by atoms with Crippen molar-refractivity contribution >= 4 is 16.9 Å². The summed E-state index contributed by atoms with van der Waals surface area (Å²) in [6.07, 6.45) is 2.79. The van der Waals surface area contributed by atoms with Crippen LogP contribution >= 0.6 is 0 Å². The highest BCUT2D eigenvalue weighted by Gasteiger charge is 2.21.